The van der Waals surface area contributed by atoms with Crippen LogP contribution in [0.4, 0.5) is 0 Å². The molecule has 0 fully saturated rings. The zero-order valence-electron chi connectivity index (χ0n) is 75.3. The maximum absolute atomic E-state index is 5.78. The molecule has 0 unspecified atom stereocenters. The molecule has 4 N–H and O–H groups in total. The molecule has 8 heteroatoms. The van der Waals surface area contributed by atoms with Gasteiger partial charge in [-0.05, 0) is 444 Å². The number of nitrogens with one attached hydrogen (secondary N) is 4. The summed E-state index contributed by atoms with van der Waals surface area (Å²) < 4.78 is 0. The zero-order chi connectivity index (χ0) is 84.6. The van der Waals surface area contributed by atoms with Crippen LogP contribution in [0.5, 0.6) is 0 Å². The third-order valence-electron chi connectivity index (χ3n) is 28.2. The molecule has 120 heavy (non-hydrogen) atoms. The van der Waals surface area contributed by atoms with Gasteiger partial charge >= 0.3 is 0 Å². The van der Waals surface area contributed by atoms with E-state index in [-0.39, 0.29) is 0 Å². The summed E-state index contributed by atoms with van der Waals surface area (Å²) in [6.45, 7) is 54.1. The fourth-order valence-corrected chi connectivity index (χ4v) is 20.4. The summed E-state index contributed by atoms with van der Waals surface area (Å²) in [6, 6.07) is 54.7. The van der Waals surface area contributed by atoms with Crippen molar-refractivity contribution >= 4 is 44.1 Å². The molecular formula is C112H116N8. The van der Waals surface area contributed by atoms with Crippen LogP contribution in [0.15, 0.2) is 146 Å². The Morgan fingerprint density at radius 3 is 0.342 bits per heavy atom. The van der Waals surface area contributed by atoms with E-state index in [0.29, 0.717) is 0 Å². The highest BCUT2D eigenvalue weighted by Crippen LogP contribution is 2.48. The van der Waals surface area contributed by atoms with E-state index in [2.05, 4.69) is 332 Å². The van der Waals surface area contributed by atoms with E-state index in [9.17, 15) is 0 Å². The lowest BCUT2D eigenvalue weighted by atomic mass is 9.90. The first kappa shape index (κ1) is 80.4. The number of hydrogen-bond acceptors (Lipinski definition) is 4. The maximum Gasteiger partial charge on any atom is 0.0510 e. The van der Waals surface area contributed by atoms with Crippen molar-refractivity contribution in [2.45, 2.75) is 218 Å². The van der Waals surface area contributed by atoms with Crippen molar-refractivity contribution in [3.05, 3.63) is 325 Å². The van der Waals surface area contributed by atoms with Crippen molar-refractivity contribution in [3.8, 4) is 89.0 Å². The fraction of sp³-hybridized carbons (Fsp3) is 0.286. The molecule has 0 saturated heterocycles. The molecule has 8 aromatic carbocycles. The van der Waals surface area contributed by atoms with E-state index < -0.39 is 0 Å². The van der Waals surface area contributed by atoms with Crippen LogP contribution in [0.25, 0.3) is 133 Å². The summed E-state index contributed by atoms with van der Waals surface area (Å²) in [5.41, 5.74) is 68.4. The smallest absolute Gasteiger partial charge is 0.0510 e. The summed E-state index contributed by atoms with van der Waals surface area (Å²) in [6.07, 6.45) is 6.80. The molecule has 4 aliphatic rings. The minimum Gasteiger partial charge on any atom is -0.354 e. The minimum absolute atomic E-state index is 0.850. The molecule has 18 rings (SSSR count). The number of rotatable bonds is 8. The van der Waals surface area contributed by atoms with E-state index in [4.69, 9.17) is 19.9 Å². The molecule has 16 bridgehead atoms. The first-order valence-corrected chi connectivity index (χ1v) is 43.5. The van der Waals surface area contributed by atoms with E-state index in [1.54, 1.807) is 0 Å². The van der Waals surface area contributed by atoms with E-state index >= 15 is 0 Å². The van der Waals surface area contributed by atoms with Crippen LogP contribution < -0.4 is 0 Å². The number of H-pyrrole nitrogens is 4. The van der Waals surface area contributed by atoms with Gasteiger partial charge in [0, 0.05) is 88.6 Å². The summed E-state index contributed by atoms with van der Waals surface area (Å²) in [5, 5.41) is 0. The highest BCUT2D eigenvalue weighted by atomic mass is 14.8. The monoisotopic (exact) mass is 1570 g/mol. The summed E-state index contributed by atoms with van der Waals surface area (Å²) in [7, 11) is 0. The molecule has 0 spiro atoms. The average Bonchev–Trinajstić information content (AvgIpc) is 1.59. The van der Waals surface area contributed by atoms with Gasteiger partial charge in [0.25, 0.3) is 0 Å². The molecule has 10 heterocycles. The van der Waals surface area contributed by atoms with E-state index in [1.165, 1.54) is 223 Å². The Labute approximate surface area is 710 Å². The van der Waals surface area contributed by atoms with Crippen LogP contribution in [0.2, 0.25) is 0 Å². The molecular weight excluding hydrogens is 1460 g/mol. The summed E-state index contributed by atoms with van der Waals surface area (Å²) >= 11 is 0. The van der Waals surface area contributed by atoms with Gasteiger partial charge in [-0.3, -0.25) is 19.9 Å². The number of nitrogens with zero attached hydrogens (tertiary/aromatic N) is 4. The lowest BCUT2D eigenvalue weighted by molar-refractivity contribution is 1.02. The molecule has 0 atom stereocenters. The summed E-state index contributed by atoms with van der Waals surface area (Å²) in [4.78, 5) is 39.4. The second-order valence-electron chi connectivity index (χ2n) is 35.8. The van der Waals surface area contributed by atoms with Gasteiger partial charge < -0.3 is 19.9 Å². The van der Waals surface area contributed by atoms with Gasteiger partial charge in [0.1, 0.15) is 0 Å². The largest absolute Gasteiger partial charge is 0.354 e. The lowest BCUT2D eigenvalue weighted by Crippen LogP contribution is -1.97. The zero-order valence-corrected chi connectivity index (χ0v) is 75.3. The predicted octanol–water partition coefficient (Wildman–Crippen LogP) is 28.5. The standard InChI is InChI=1S/2C56H58N4/c2*1-29-13-17-33(5)49(37(29)9)53-41-21-23-43(57-41)54(50-34(6)18-14-30(2)38(50)10)45-25-27-47(59-45)56(52-36(8)20-16-32(4)40(52)12)48-28-26-46(60-48)55(44-24-22-42(53)58-44)51-35(7)19-15-31(3)39(51)11/h2*13-21,23,26,28,57,60H,22,24-25,27H2,1-12H3. The second-order valence-corrected chi connectivity index (χ2v) is 35.8. The Balaban J connectivity index is 0.000000171. The van der Waals surface area contributed by atoms with Crippen molar-refractivity contribution in [1.82, 2.24) is 39.9 Å². The molecule has 0 amide bonds. The third-order valence-corrected chi connectivity index (χ3v) is 28.2. The Kier molecular flexibility index (Phi) is 21.0. The van der Waals surface area contributed by atoms with Crippen molar-refractivity contribution in [3.63, 3.8) is 0 Å². The van der Waals surface area contributed by atoms with Gasteiger partial charge in [-0.2, -0.15) is 0 Å². The third kappa shape index (κ3) is 13.7. The van der Waals surface area contributed by atoms with Crippen LogP contribution in [0, 0.1) is 166 Å². The average molecular weight is 1570 g/mol. The van der Waals surface area contributed by atoms with Crippen LogP contribution in [0.1, 0.15) is 179 Å². The molecule has 0 aliphatic carbocycles. The number of aryl methyl sites for hydroxylation is 24. The second kappa shape index (κ2) is 31.3. The first-order chi connectivity index (χ1) is 57.5. The van der Waals surface area contributed by atoms with Gasteiger partial charge in [0.05, 0.1) is 45.6 Å². The van der Waals surface area contributed by atoms with Crippen molar-refractivity contribution in [2.24, 2.45) is 0 Å². The van der Waals surface area contributed by atoms with E-state index in [1.807, 2.05) is 0 Å². The molecule has 8 nitrogen and oxygen atoms in total. The van der Waals surface area contributed by atoms with Gasteiger partial charge in [-0.25, -0.2) is 0 Å². The van der Waals surface area contributed by atoms with Crippen molar-refractivity contribution in [1.29, 1.82) is 0 Å². The van der Waals surface area contributed by atoms with Crippen LogP contribution >= 0.6 is 0 Å². The fourth-order valence-electron chi connectivity index (χ4n) is 20.4. The molecule has 0 saturated carbocycles. The Morgan fingerprint density at radius 1 is 0.133 bits per heavy atom. The van der Waals surface area contributed by atoms with Gasteiger partial charge in [0.2, 0.25) is 0 Å². The first-order valence-electron chi connectivity index (χ1n) is 43.5. The molecule has 0 radical (unpaired) electrons. The van der Waals surface area contributed by atoms with Gasteiger partial charge in [0.15, 0.2) is 0 Å². The van der Waals surface area contributed by atoms with Crippen molar-refractivity contribution in [2.75, 3.05) is 0 Å². The highest BCUT2D eigenvalue weighted by molar-refractivity contribution is 5.99. The highest BCUT2D eigenvalue weighted by Gasteiger charge is 2.31. The number of fused-ring (bicyclic) bond motifs is 16. The molecule has 14 aromatic rings. The quantitative estimate of drug-likeness (QED) is 0.121. The molecule has 604 valence electrons. The van der Waals surface area contributed by atoms with Gasteiger partial charge in [-0.1, -0.05) is 97.1 Å². The number of hydrogen-bond donors (Lipinski definition) is 4. The number of aromatic amines is 4. The van der Waals surface area contributed by atoms with Gasteiger partial charge in [-0.15, -0.1) is 0 Å². The molecule has 6 aromatic heterocycles. The van der Waals surface area contributed by atoms with Crippen LogP contribution in [-0.2, 0) is 51.4 Å². The predicted molar refractivity (Wildman–Crippen MR) is 509 cm³/mol. The van der Waals surface area contributed by atoms with Crippen molar-refractivity contribution < 1.29 is 0 Å². The SMILES string of the molecule is Cc1ccc(C)c(-c2c3nc(c(-c4c(C)ccc(C)c4C)c4ccc([nH]4)c(-c4c(C)ccc(C)c4C)c4nc(c(-c5c(C)ccc(C)c5C)c5ccc2[nH]5)CC4)CC3)c1C.Cc1ccc(C)c(-c2c3nc(c(-c4c(C)ccc(C)c4C)c4ccc([nH]4)c(-c4c(C)ccc(C)c4C)c4nc(c(-c5c(C)ccc(C)c5C)c5ccc2[nH]5)CC4)CC3)c1C. The Bertz CT molecular complexity index is 5820. The Morgan fingerprint density at radius 2 is 0.233 bits per heavy atom. The maximum atomic E-state index is 5.78. The number of benzene rings is 8. The topological polar surface area (TPSA) is 115 Å². The molecule has 4 aliphatic heterocycles. The lowest BCUT2D eigenvalue weighted by Gasteiger charge is -2.16. The summed E-state index contributed by atoms with van der Waals surface area (Å²) in [5.74, 6) is 0. The minimum atomic E-state index is 0.850. The van der Waals surface area contributed by atoms with Crippen LogP contribution in [-0.4, -0.2) is 39.9 Å². The van der Waals surface area contributed by atoms with Crippen LogP contribution in [0.3, 0.4) is 0 Å². The normalized spacial score (nSPS) is 12.7. The number of aromatic nitrogens is 8. The Hall–Kier alpha value is -12.0. The van der Waals surface area contributed by atoms with E-state index in [0.717, 1.165) is 141 Å².